The van der Waals surface area contributed by atoms with E-state index in [4.69, 9.17) is 0 Å². The van der Waals surface area contributed by atoms with Crippen molar-refractivity contribution >= 4 is 0 Å². The molecule has 3 heteroatoms. The first-order valence-electron chi connectivity index (χ1n) is 3.68. The van der Waals surface area contributed by atoms with Gasteiger partial charge < -0.3 is 5.11 Å². The molecule has 0 radical (unpaired) electrons. The summed E-state index contributed by atoms with van der Waals surface area (Å²) in [7, 11) is 0. The molecule has 1 rings (SSSR count). The summed E-state index contributed by atoms with van der Waals surface area (Å²) in [6.07, 6.45) is 2.92. The summed E-state index contributed by atoms with van der Waals surface area (Å²) < 4.78 is 0. The van der Waals surface area contributed by atoms with Gasteiger partial charge in [0, 0.05) is 11.8 Å². The topological polar surface area (TPSA) is 48.9 Å². The smallest absolute Gasteiger partial charge is 0.0868 e. The van der Waals surface area contributed by atoms with E-state index in [0.717, 1.165) is 5.56 Å². The lowest BCUT2D eigenvalue weighted by atomic mass is 9.86. The number of aromatic nitrogens is 2. The van der Waals surface area contributed by atoms with Crippen LogP contribution in [0.1, 0.15) is 32.4 Å². The highest BCUT2D eigenvalue weighted by atomic mass is 16.3. The molecule has 0 fully saturated rings. The van der Waals surface area contributed by atoms with Gasteiger partial charge in [-0.2, -0.15) is 5.10 Å². The lowest BCUT2D eigenvalue weighted by Gasteiger charge is -2.24. The monoisotopic (exact) mass is 154 g/mol. The Labute approximate surface area is 66.4 Å². The molecule has 1 aromatic rings. The summed E-state index contributed by atoms with van der Waals surface area (Å²) in [6, 6.07) is 0. The molecule has 2 N–H and O–H groups in total. The average molecular weight is 154 g/mol. The maximum Gasteiger partial charge on any atom is 0.0868 e. The molecule has 0 aliphatic carbocycles. The summed E-state index contributed by atoms with van der Waals surface area (Å²) in [6.45, 7) is 5.97. The van der Waals surface area contributed by atoms with Crippen LogP contribution in [0.25, 0.3) is 0 Å². The minimum absolute atomic E-state index is 0.121. The van der Waals surface area contributed by atoms with Crippen LogP contribution in [-0.2, 0) is 0 Å². The van der Waals surface area contributed by atoms with Crippen LogP contribution >= 0.6 is 0 Å². The number of aliphatic hydroxyl groups excluding tert-OH is 1. The molecule has 1 unspecified atom stereocenters. The number of aromatic amines is 1. The van der Waals surface area contributed by atoms with Crippen LogP contribution in [0.2, 0.25) is 0 Å². The zero-order chi connectivity index (χ0) is 8.48. The molecule has 0 saturated heterocycles. The van der Waals surface area contributed by atoms with E-state index in [1.165, 1.54) is 0 Å². The van der Waals surface area contributed by atoms with Crippen LogP contribution in [0, 0.1) is 5.41 Å². The molecule has 11 heavy (non-hydrogen) atoms. The number of aliphatic hydroxyl groups is 1. The number of H-pyrrole nitrogens is 1. The largest absolute Gasteiger partial charge is 0.388 e. The van der Waals surface area contributed by atoms with E-state index in [2.05, 4.69) is 10.2 Å². The van der Waals surface area contributed by atoms with Gasteiger partial charge in [0.05, 0.1) is 12.3 Å². The Balaban J connectivity index is 2.78. The Morgan fingerprint density at radius 3 is 2.55 bits per heavy atom. The molecule has 0 spiro atoms. The van der Waals surface area contributed by atoms with Crippen LogP contribution in [-0.4, -0.2) is 15.3 Å². The normalized spacial score (nSPS) is 14.9. The fraction of sp³-hybridized carbons (Fsp3) is 0.625. The van der Waals surface area contributed by atoms with Gasteiger partial charge in [0.2, 0.25) is 0 Å². The van der Waals surface area contributed by atoms with Crippen molar-refractivity contribution in [1.29, 1.82) is 0 Å². The molecule has 0 bridgehead atoms. The van der Waals surface area contributed by atoms with Crippen molar-refractivity contribution in [2.45, 2.75) is 26.9 Å². The highest BCUT2D eigenvalue weighted by Crippen LogP contribution is 2.31. The van der Waals surface area contributed by atoms with Gasteiger partial charge in [-0.1, -0.05) is 20.8 Å². The second-order valence-electron chi connectivity index (χ2n) is 3.80. The van der Waals surface area contributed by atoms with E-state index in [-0.39, 0.29) is 5.41 Å². The van der Waals surface area contributed by atoms with Gasteiger partial charge in [-0.25, -0.2) is 0 Å². The number of hydrogen-bond acceptors (Lipinski definition) is 2. The number of rotatable bonds is 1. The molecule has 0 aliphatic rings. The fourth-order valence-electron chi connectivity index (χ4n) is 0.910. The SMILES string of the molecule is CC(C)(C)C(O)c1cn[nH]c1. The van der Waals surface area contributed by atoms with Gasteiger partial charge in [0.1, 0.15) is 0 Å². The average Bonchev–Trinajstić information content (AvgIpc) is 2.34. The van der Waals surface area contributed by atoms with Gasteiger partial charge in [-0.3, -0.25) is 5.10 Å². The van der Waals surface area contributed by atoms with Crippen molar-refractivity contribution in [2.75, 3.05) is 0 Å². The minimum atomic E-state index is -0.443. The lowest BCUT2D eigenvalue weighted by molar-refractivity contribution is 0.0627. The predicted molar refractivity (Wildman–Crippen MR) is 43.0 cm³/mol. The molecule has 0 amide bonds. The Kier molecular flexibility index (Phi) is 2.00. The summed E-state index contributed by atoms with van der Waals surface area (Å²) in [4.78, 5) is 0. The third-order valence-corrected chi connectivity index (χ3v) is 1.66. The van der Waals surface area contributed by atoms with E-state index in [1.54, 1.807) is 12.4 Å². The molecule has 0 aromatic carbocycles. The van der Waals surface area contributed by atoms with Crippen molar-refractivity contribution in [3.8, 4) is 0 Å². The molecule has 0 aliphatic heterocycles. The zero-order valence-electron chi connectivity index (χ0n) is 7.13. The summed E-state index contributed by atoms with van der Waals surface area (Å²) in [5.74, 6) is 0. The highest BCUT2D eigenvalue weighted by molar-refractivity contribution is 5.09. The quantitative estimate of drug-likeness (QED) is 0.643. The van der Waals surface area contributed by atoms with Gasteiger partial charge in [-0.15, -0.1) is 0 Å². The first kappa shape index (κ1) is 8.27. The summed E-state index contributed by atoms with van der Waals surface area (Å²) >= 11 is 0. The van der Waals surface area contributed by atoms with E-state index >= 15 is 0 Å². The van der Waals surface area contributed by atoms with Crippen LogP contribution in [0.5, 0.6) is 0 Å². The second-order valence-corrected chi connectivity index (χ2v) is 3.80. The Hall–Kier alpha value is -0.830. The third-order valence-electron chi connectivity index (χ3n) is 1.66. The molecule has 62 valence electrons. The molecule has 3 nitrogen and oxygen atoms in total. The van der Waals surface area contributed by atoms with Crippen LogP contribution in [0.4, 0.5) is 0 Å². The lowest BCUT2D eigenvalue weighted by Crippen LogP contribution is -2.17. The number of hydrogen-bond donors (Lipinski definition) is 2. The molecular weight excluding hydrogens is 140 g/mol. The highest BCUT2D eigenvalue weighted by Gasteiger charge is 2.24. The van der Waals surface area contributed by atoms with Crippen LogP contribution in [0.3, 0.4) is 0 Å². The first-order valence-corrected chi connectivity index (χ1v) is 3.68. The Morgan fingerprint density at radius 2 is 2.18 bits per heavy atom. The molecule has 0 saturated carbocycles. The third kappa shape index (κ3) is 1.80. The Morgan fingerprint density at radius 1 is 1.55 bits per heavy atom. The van der Waals surface area contributed by atoms with E-state index < -0.39 is 6.10 Å². The van der Waals surface area contributed by atoms with Gasteiger partial charge in [-0.05, 0) is 5.41 Å². The van der Waals surface area contributed by atoms with Crippen molar-refractivity contribution in [2.24, 2.45) is 5.41 Å². The zero-order valence-corrected chi connectivity index (χ0v) is 7.13. The Bertz CT molecular complexity index is 210. The van der Waals surface area contributed by atoms with Crippen molar-refractivity contribution in [3.05, 3.63) is 18.0 Å². The second kappa shape index (κ2) is 2.66. The molecule has 1 aromatic heterocycles. The van der Waals surface area contributed by atoms with Gasteiger partial charge in [0.15, 0.2) is 0 Å². The molecule has 1 heterocycles. The molecule has 1 atom stereocenters. The van der Waals surface area contributed by atoms with Crippen molar-refractivity contribution in [1.82, 2.24) is 10.2 Å². The summed E-state index contributed by atoms with van der Waals surface area (Å²) in [5, 5.41) is 16.1. The number of nitrogens with zero attached hydrogens (tertiary/aromatic N) is 1. The first-order chi connectivity index (χ1) is 5.02. The van der Waals surface area contributed by atoms with E-state index in [1.807, 2.05) is 20.8 Å². The minimum Gasteiger partial charge on any atom is -0.388 e. The maximum atomic E-state index is 9.69. The fourth-order valence-corrected chi connectivity index (χ4v) is 0.910. The van der Waals surface area contributed by atoms with Crippen LogP contribution in [0.15, 0.2) is 12.4 Å². The van der Waals surface area contributed by atoms with Crippen molar-refractivity contribution < 1.29 is 5.11 Å². The molecular formula is C8H14N2O. The van der Waals surface area contributed by atoms with E-state index in [9.17, 15) is 5.11 Å². The standard InChI is InChI=1S/C8H14N2O/c1-8(2,3)7(11)6-4-9-10-5-6/h4-5,7,11H,1-3H3,(H,9,10). The van der Waals surface area contributed by atoms with Gasteiger partial charge >= 0.3 is 0 Å². The maximum absolute atomic E-state index is 9.69. The van der Waals surface area contributed by atoms with Crippen molar-refractivity contribution in [3.63, 3.8) is 0 Å². The van der Waals surface area contributed by atoms with Crippen LogP contribution < -0.4 is 0 Å². The predicted octanol–water partition coefficient (Wildman–Crippen LogP) is 1.49. The number of nitrogens with one attached hydrogen (secondary N) is 1. The van der Waals surface area contributed by atoms with Gasteiger partial charge in [0.25, 0.3) is 0 Å². The summed E-state index contributed by atoms with van der Waals surface area (Å²) in [5.41, 5.74) is 0.724. The van der Waals surface area contributed by atoms with E-state index in [0.29, 0.717) is 0 Å².